The average Bonchev–Trinajstić information content (AvgIpc) is 2.35. The van der Waals surface area contributed by atoms with Gasteiger partial charge in [0.2, 0.25) is 0 Å². The van der Waals surface area contributed by atoms with Gasteiger partial charge in [-0.25, -0.2) is 0 Å². The highest BCUT2D eigenvalue weighted by Gasteiger charge is 2.38. The normalized spacial score (nSPS) is 27.7. The van der Waals surface area contributed by atoms with Gasteiger partial charge in [-0.05, 0) is 46.6 Å². The van der Waals surface area contributed by atoms with E-state index in [-0.39, 0.29) is 11.1 Å². The number of piperidine rings is 1. The van der Waals surface area contributed by atoms with Crippen LogP contribution in [0.3, 0.4) is 0 Å². The molecule has 1 saturated heterocycles. The van der Waals surface area contributed by atoms with Crippen molar-refractivity contribution < 1.29 is 4.74 Å². The second-order valence-electron chi connectivity index (χ2n) is 7.89. The zero-order chi connectivity index (χ0) is 15.1. The summed E-state index contributed by atoms with van der Waals surface area (Å²) in [7, 11) is 0. The number of ether oxygens (including phenoxy) is 1. The third-order valence-corrected chi connectivity index (χ3v) is 4.59. The molecule has 0 aromatic heterocycles. The Kier molecular flexibility index (Phi) is 3.74. The number of fused-ring (bicyclic) bond motifs is 1. The summed E-state index contributed by atoms with van der Waals surface area (Å²) in [5.41, 5.74) is 1.69. The highest BCUT2D eigenvalue weighted by molar-refractivity contribution is 5.37. The van der Waals surface area contributed by atoms with Gasteiger partial charge in [-0.1, -0.05) is 18.2 Å². The van der Waals surface area contributed by atoms with Gasteiger partial charge in [0.15, 0.2) is 0 Å². The predicted octanol–water partition coefficient (Wildman–Crippen LogP) is 3.41. The molecule has 0 saturated carbocycles. The molecule has 0 spiro atoms. The van der Waals surface area contributed by atoms with E-state index in [1.54, 1.807) is 0 Å². The summed E-state index contributed by atoms with van der Waals surface area (Å²) in [5.74, 6) is 1.05. The van der Waals surface area contributed by atoms with E-state index in [4.69, 9.17) is 4.74 Å². The molecule has 2 aliphatic heterocycles. The summed E-state index contributed by atoms with van der Waals surface area (Å²) >= 11 is 0. The monoisotopic (exact) mass is 288 g/mol. The number of hydrogen-bond acceptors (Lipinski definition) is 3. The fourth-order valence-electron chi connectivity index (χ4n) is 4.24. The highest BCUT2D eigenvalue weighted by atomic mass is 16.5. The quantitative estimate of drug-likeness (QED) is 0.875. The van der Waals surface area contributed by atoms with Crippen LogP contribution in [0.2, 0.25) is 0 Å². The molecular weight excluding hydrogens is 260 g/mol. The van der Waals surface area contributed by atoms with E-state index < -0.39 is 0 Å². The standard InChI is InChI=1S/C18H28N2O/c1-17(2)11-13(12-18(3,4)20-17)19-15-9-10-21-16-8-6-5-7-14(15)16/h5-8,13,15,19-20H,9-12H2,1-4H3. The Bertz CT molecular complexity index is 494. The lowest BCUT2D eigenvalue weighted by Gasteiger charge is -2.47. The van der Waals surface area contributed by atoms with Gasteiger partial charge in [0.05, 0.1) is 6.61 Å². The molecule has 1 aromatic rings. The zero-order valence-electron chi connectivity index (χ0n) is 13.7. The van der Waals surface area contributed by atoms with Crippen molar-refractivity contribution in [2.75, 3.05) is 6.61 Å². The van der Waals surface area contributed by atoms with Crippen molar-refractivity contribution in [3.05, 3.63) is 29.8 Å². The predicted molar refractivity (Wildman–Crippen MR) is 86.7 cm³/mol. The van der Waals surface area contributed by atoms with E-state index in [1.807, 2.05) is 0 Å². The van der Waals surface area contributed by atoms with Gasteiger partial charge >= 0.3 is 0 Å². The van der Waals surface area contributed by atoms with Gasteiger partial charge in [0.25, 0.3) is 0 Å². The van der Waals surface area contributed by atoms with Crippen LogP contribution in [0.15, 0.2) is 24.3 Å². The highest BCUT2D eigenvalue weighted by Crippen LogP contribution is 2.35. The summed E-state index contributed by atoms with van der Waals surface area (Å²) in [6.45, 7) is 10.0. The maximum Gasteiger partial charge on any atom is 0.124 e. The van der Waals surface area contributed by atoms with Crippen molar-refractivity contribution >= 4 is 0 Å². The zero-order valence-corrected chi connectivity index (χ0v) is 13.7. The fourth-order valence-corrected chi connectivity index (χ4v) is 4.24. The maximum atomic E-state index is 5.77. The molecule has 3 rings (SSSR count). The van der Waals surface area contributed by atoms with Crippen molar-refractivity contribution in [2.45, 2.75) is 70.1 Å². The fraction of sp³-hybridized carbons (Fsp3) is 0.667. The molecule has 1 unspecified atom stereocenters. The number of hydrogen-bond donors (Lipinski definition) is 2. The van der Waals surface area contributed by atoms with Crippen molar-refractivity contribution in [1.82, 2.24) is 10.6 Å². The second-order valence-corrected chi connectivity index (χ2v) is 7.89. The van der Waals surface area contributed by atoms with Crippen LogP contribution in [-0.2, 0) is 0 Å². The summed E-state index contributed by atoms with van der Waals surface area (Å²) in [6, 6.07) is 9.41. The first-order valence-corrected chi connectivity index (χ1v) is 8.12. The first kappa shape index (κ1) is 14.9. The Morgan fingerprint density at radius 1 is 1.10 bits per heavy atom. The molecule has 21 heavy (non-hydrogen) atoms. The third kappa shape index (κ3) is 3.41. The Morgan fingerprint density at radius 2 is 1.76 bits per heavy atom. The lowest BCUT2D eigenvalue weighted by atomic mass is 9.79. The van der Waals surface area contributed by atoms with Gasteiger partial charge in [0.1, 0.15) is 5.75 Å². The van der Waals surface area contributed by atoms with Crippen molar-refractivity contribution in [3.63, 3.8) is 0 Å². The number of nitrogens with one attached hydrogen (secondary N) is 2. The first-order valence-electron chi connectivity index (χ1n) is 8.12. The topological polar surface area (TPSA) is 33.3 Å². The van der Waals surface area contributed by atoms with E-state index in [0.29, 0.717) is 12.1 Å². The SMILES string of the molecule is CC1(C)CC(NC2CCOc3ccccc32)CC(C)(C)N1. The van der Waals surface area contributed by atoms with Crippen LogP contribution < -0.4 is 15.4 Å². The summed E-state index contributed by atoms with van der Waals surface area (Å²) in [4.78, 5) is 0. The van der Waals surface area contributed by atoms with Gasteiger partial charge in [0, 0.05) is 35.1 Å². The molecule has 0 bridgehead atoms. The minimum Gasteiger partial charge on any atom is -0.493 e. The Morgan fingerprint density at radius 3 is 2.48 bits per heavy atom. The summed E-state index contributed by atoms with van der Waals surface area (Å²) < 4.78 is 5.77. The van der Waals surface area contributed by atoms with Crippen LogP contribution in [0.4, 0.5) is 0 Å². The molecule has 0 amide bonds. The average molecular weight is 288 g/mol. The molecule has 1 fully saturated rings. The molecule has 116 valence electrons. The Hall–Kier alpha value is -1.06. The second kappa shape index (κ2) is 5.29. The van der Waals surface area contributed by atoms with Crippen LogP contribution in [0.5, 0.6) is 5.75 Å². The summed E-state index contributed by atoms with van der Waals surface area (Å²) in [6.07, 6.45) is 3.38. The molecule has 1 aromatic carbocycles. The van der Waals surface area contributed by atoms with E-state index in [1.165, 1.54) is 5.56 Å². The van der Waals surface area contributed by atoms with E-state index in [2.05, 4.69) is 62.6 Å². The molecule has 0 radical (unpaired) electrons. The van der Waals surface area contributed by atoms with E-state index in [0.717, 1.165) is 31.6 Å². The van der Waals surface area contributed by atoms with Gasteiger partial charge in [-0.15, -0.1) is 0 Å². The molecule has 2 aliphatic rings. The van der Waals surface area contributed by atoms with Crippen molar-refractivity contribution in [1.29, 1.82) is 0 Å². The number of para-hydroxylation sites is 1. The van der Waals surface area contributed by atoms with Crippen molar-refractivity contribution in [2.24, 2.45) is 0 Å². The molecule has 0 aliphatic carbocycles. The van der Waals surface area contributed by atoms with Crippen LogP contribution in [0.1, 0.15) is 58.6 Å². The molecule has 3 nitrogen and oxygen atoms in total. The van der Waals surface area contributed by atoms with Crippen molar-refractivity contribution in [3.8, 4) is 5.75 Å². The van der Waals surface area contributed by atoms with Gasteiger partial charge in [-0.3, -0.25) is 0 Å². The molecule has 1 atom stereocenters. The molecular formula is C18H28N2O. The molecule has 2 heterocycles. The molecule has 3 heteroatoms. The minimum atomic E-state index is 0.185. The minimum absolute atomic E-state index is 0.185. The summed E-state index contributed by atoms with van der Waals surface area (Å²) in [5, 5.41) is 7.66. The van der Waals surface area contributed by atoms with Crippen LogP contribution in [0.25, 0.3) is 0 Å². The third-order valence-electron chi connectivity index (χ3n) is 4.59. The van der Waals surface area contributed by atoms with E-state index >= 15 is 0 Å². The van der Waals surface area contributed by atoms with Crippen LogP contribution in [-0.4, -0.2) is 23.7 Å². The largest absolute Gasteiger partial charge is 0.493 e. The Balaban J connectivity index is 1.75. The van der Waals surface area contributed by atoms with E-state index in [9.17, 15) is 0 Å². The number of benzene rings is 1. The molecule has 2 N–H and O–H groups in total. The maximum absolute atomic E-state index is 5.77. The van der Waals surface area contributed by atoms with Gasteiger partial charge in [-0.2, -0.15) is 0 Å². The van der Waals surface area contributed by atoms with Crippen LogP contribution in [0, 0.1) is 0 Å². The number of rotatable bonds is 2. The Labute approximate surface area is 128 Å². The van der Waals surface area contributed by atoms with Gasteiger partial charge < -0.3 is 15.4 Å². The lowest BCUT2D eigenvalue weighted by molar-refractivity contribution is 0.132. The smallest absolute Gasteiger partial charge is 0.124 e. The first-order chi connectivity index (χ1) is 9.85. The lowest BCUT2D eigenvalue weighted by Crippen LogP contribution is -2.62. The van der Waals surface area contributed by atoms with Crippen LogP contribution >= 0.6 is 0 Å².